The lowest BCUT2D eigenvalue weighted by atomic mass is 9.63. The van der Waals surface area contributed by atoms with E-state index < -0.39 is 17.1 Å². The summed E-state index contributed by atoms with van der Waals surface area (Å²) in [6.07, 6.45) is 1.46. The molecule has 0 bridgehead atoms. The number of nitrogens with zero attached hydrogens (tertiary/aromatic N) is 3. The largest absolute Gasteiger partial charge is 0.497 e. The summed E-state index contributed by atoms with van der Waals surface area (Å²) in [6, 6.07) is 40.0. The molecule has 2 heterocycles. The van der Waals surface area contributed by atoms with Crippen LogP contribution in [-0.2, 0) is 36.7 Å². The Hall–Kier alpha value is -5.77. The van der Waals surface area contributed by atoms with E-state index in [1.807, 2.05) is 115 Å². The summed E-state index contributed by atoms with van der Waals surface area (Å²) in [4.78, 5) is 44.9. The molecule has 0 unspecified atom stereocenters. The second-order valence-electron chi connectivity index (χ2n) is 14.6. The van der Waals surface area contributed by atoms with Crippen molar-refractivity contribution < 1.29 is 29.0 Å². The predicted octanol–water partition coefficient (Wildman–Crippen LogP) is 8.04. The van der Waals surface area contributed by atoms with Crippen molar-refractivity contribution in [1.29, 1.82) is 0 Å². The van der Waals surface area contributed by atoms with Gasteiger partial charge in [0.25, 0.3) is 5.91 Å². The van der Waals surface area contributed by atoms with E-state index in [9.17, 15) is 14.7 Å². The van der Waals surface area contributed by atoms with Gasteiger partial charge in [0.2, 0.25) is 12.8 Å². The van der Waals surface area contributed by atoms with Gasteiger partial charge in [0, 0.05) is 46.8 Å². The Balaban J connectivity index is 1.31. The zero-order chi connectivity index (χ0) is 38.0. The van der Waals surface area contributed by atoms with E-state index in [1.54, 1.807) is 21.8 Å². The first kappa shape index (κ1) is 36.6. The second-order valence-corrected chi connectivity index (χ2v) is 14.6. The first-order valence-electron chi connectivity index (χ1n) is 18.3. The number of carbonyl (C=O) groups excluding carboxylic acids is 3. The maximum atomic E-state index is 15.3. The fourth-order valence-electron chi connectivity index (χ4n) is 8.67. The fraction of sp³-hybridized carbons (Fsp3) is 0.267. The number of ether oxygens (including phenoxy) is 2. The van der Waals surface area contributed by atoms with Gasteiger partial charge in [-0.3, -0.25) is 24.2 Å². The molecule has 0 saturated carbocycles. The van der Waals surface area contributed by atoms with Gasteiger partial charge in [0.1, 0.15) is 5.75 Å². The van der Waals surface area contributed by atoms with Crippen molar-refractivity contribution in [3.63, 3.8) is 0 Å². The molecule has 2 aliphatic heterocycles. The number of benzene rings is 5. The minimum absolute atomic E-state index is 0.104. The number of para-hydroxylation sites is 2. The van der Waals surface area contributed by atoms with Gasteiger partial charge in [-0.15, -0.1) is 0 Å². The zero-order valence-corrected chi connectivity index (χ0v) is 31.0. The minimum Gasteiger partial charge on any atom is -0.497 e. The van der Waals surface area contributed by atoms with Gasteiger partial charge >= 0.3 is 0 Å². The fourth-order valence-corrected chi connectivity index (χ4v) is 8.67. The summed E-state index contributed by atoms with van der Waals surface area (Å²) in [5, 5.41) is 10.3. The summed E-state index contributed by atoms with van der Waals surface area (Å²) in [5.41, 5.74) is 4.19. The van der Waals surface area contributed by atoms with E-state index in [2.05, 4.69) is 32.9 Å². The molecule has 1 saturated heterocycles. The molecule has 276 valence electrons. The van der Waals surface area contributed by atoms with Crippen LogP contribution < -0.4 is 19.4 Å². The molecule has 2 aliphatic rings. The maximum Gasteiger partial charge on any atom is 0.264 e. The number of hydrogen-bond acceptors (Lipinski definition) is 6. The number of aliphatic hydroxyl groups excluding tert-OH is 1. The van der Waals surface area contributed by atoms with Gasteiger partial charge < -0.3 is 19.5 Å². The zero-order valence-electron chi connectivity index (χ0n) is 31.0. The molecule has 0 aromatic heterocycles. The first-order chi connectivity index (χ1) is 26.2. The monoisotopic (exact) mass is 723 g/mol. The van der Waals surface area contributed by atoms with E-state index in [4.69, 9.17) is 9.47 Å². The van der Waals surface area contributed by atoms with Gasteiger partial charge in [0.05, 0.1) is 25.4 Å². The van der Waals surface area contributed by atoms with Crippen LogP contribution >= 0.6 is 0 Å². The SMILES string of the molecule is COc1ccc(C(C)(C)[C@@H]2[C@@H](CCO)O[C@]3(C(=O)N(Cc4ccc(N(C=O)c5ccccc5)cc4)c4ccc(N(C=O)c5ccccc5)cc43)[C@H]2C)cc1. The number of methoxy groups -OCH3 is 1. The van der Waals surface area contributed by atoms with Crippen molar-refractivity contribution in [2.75, 3.05) is 28.4 Å². The second kappa shape index (κ2) is 14.9. The number of aliphatic hydroxyl groups is 1. The highest BCUT2D eigenvalue weighted by molar-refractivity contribution is 6.08. The lowest BCUT2D eigenvalue weighted by Gasteiger charge is -2.38. The van der Waals surface area contributed by atoms with Crippen molar-refractivity contribution in [2.24, 2.45) is 11.8 Å². The molecule has 3 amide bonds. The molecule has 1 N–H and O–H groups in total. The third kappa shape index (κ3) is 6.23. The highest BCUT2D eigenvalue weighted by Crippen LogP contribution is 2.60. The van der Waals surface area contributed by atoms with Gasteiger partial charge in [0.15, 0.2) is 5.60 Å². The molecule has 7 rings (SSSR count). The average molecular weight is 724 g/mol. The number of carbonyl (C=O) groups is 3. The molecule has 5 aromatic rings. The molecule has 1 spiro atoms. The van der Waals surface area contributed by atoms with Crippen LogP contribution in [0.3, 0.4) is 0 Å². The Kier molecular flexibility index (Phi) is 10.1. The number of rotatable bonds is 13. The molecule has 54 heavy (non-hydrogen) atoms. The van der Waals surface area contributed by atoms with E-state index in [1.165, 1.54) is 0 Å². The lowest BCUT2D eigenvalue weighted by molar-refractivity contribution is -0.146. The van der Waals surface area contributed by atoms with Gasteiger partial charge in [-0.05, 0) is 89.7 Å². The van der Waals surface area contributed by atoms with Gasteiger partial charge in [-0.25, -0.2) is 0 Å². The summed E-state index contributed by atoms with van der Waals surface area (Å²) in [7, 11) is 1.64. The maximum absolute atomic E-state index is 15.3. The molecular weight excluding hydrogens is 679 g/mol. The molecule has 5 aromatic carbocycles. The Bertz CT molecular complexity index is 2110. The van der Waals surface area contributed by atoms with Crippen molar-refractivity contribution >= 4 is 47.2 Å². The summed E-state index contributed by atoms with van der Waals surface area (Å²) in [5.74, 6) is 0.0370. The van der Waals surface area contributed by atoms with E-state index in [0.717, 1.165) is 35.4 Å². The summed E-state index contributed by atoms with van der Waals surface area (Å²) >= 11 is 0. The van der Waals surface area contributed by atoms with Gasteiger partial charge in [-0.1, -0.05) is 81.4 Å². The van der Waals surface area contributed by atoms with Crippen LogP contribution in [0.4, 0.5) is 28.4 Å². The van der Waals surface area contributed by atoms with Crippen molar-refractivity contribution in [3.8, 4) is 5.75 Å². The smallest absolute Gasteiger partial charge is 0.264 e. The first-order valence-corrected chi connectivity index (χ1v) is 18.3. The molecule has 9 nitrogen and oxygen atoms in total. The number of anilines is 5. The van der Waals surface area contributed by atoms with Gasteiger partial charge in [-0.2, -0.15) is 0 Å². The minimum atomic E-state index is -1.40. The number of amides is 3. The normalized spacial score (nSPS) is 20.5. The van der Waals surface area contributed by atoms with Crippen molar-refractivity contribution in [3.05, 3.63) is 144 Å². The van der Waals surface area contributed by atoms with Crippen LogP contribution in [0.15, 0.2) is 127 Å². The Morgan fingerprint density at radius 1 is 0.796 bits per heavy atom. The molecular formula is C45H45N3O6. The third-order valence-corrected chi connectivity index (χ3v) is 11.3. The molecule has 9 heteroatoms. The van der Waals surface area contributed by atoms with Crippen LogP contribution in [0.5, 0.6) is 5.75 Å². The van der Waals surface area contributed by atoms with Crippen LogP contribution in [0.2, 0.25) is 0 Å². The van der Waals surface area contributed by atoms with Crippen LogP contribution in [0.25, 0.3) is 0 Å². The van der Waals surface area contributed by atoms with Crippen LogP contribution in [0.1, 0.15) is 43.9 Å². The van der Waals surface area contributed by atoms with E-state index >= 15 is 4.79 Å². The summed E-state index contributed by atoms with van der Waals surface area (Å²) in [6.45, 7) is 6.56. The third-order valence-electron chi connectivity index (χ3n) is 11.3. The Labute approximate surface area is 316 Å². The Morgan fingerprint density at radius 2 is 1.35 bits per heavy atom. The number of fused-ring (bicyclic) bond motifs is 2. The van der Waals surface area contributed by atoms with Crippen LogP contribution in [-0.4, -0.2) is 43.7 Å². The molecule has 1 fully saturated rings. The lowest BCUT2D eigenvalue weighted by Crippen LogP contribution is -2.45. The highest BCUT2D eigenvalue weighted by atomic mass is 16.5. The molecule has 4 atom stereocenters. The number of hydrogen-bond donors (Lipinski definition) is 1. The standard InChI is InChI=1S/C45H45N3O6/c1-31-42(44(2,3)33-17-22-38(53-4)23-18-33)41(25-26-49)54-45(31)39-27-37(48(30-51)35-13-9-6-10-14-35)21-24-40(39)46(43(45)52)28-32-15-19-36(20-16-32)47(29-50)34-11-7-5-8-12-34/h5-24,27,29-31,41-42,49H,25-26,28H2,1-4H3/t31-,41+,42-,45+/m0/s1. The molecule has 0 aliphatic carbocycles. The summed E-state index contributed by atoms with van der Waals surface area (Å²) < 4.78 is 12.5. The van der Waals surface area contributed by atoms with E-state index in [0.29, 0.717) is 34.7 Å². The van der Waals surface area contributed by atoms with Crippen molar-refractivity contribution in [1.82, 2.24) is 0 Å². The average Bonchev–Trinajstić information content (AvgIpc) is 3.63. The van der Waals surface area contributed by atoms with E-state index in [-0.39, 0.29) is 30.9 Å². The highest BCUT2D eigenvalue weighted by Gasteiger charge is 2.66. The molecule has 0 radical (unpaired) electrons. The predicted molar refractivity (Wildman–Crippen MR) is 210 cm³/mol. The Morgan fingerprint density at radius 3 is 1.91 bits per heavy atom. The quantitative estimate of drug-likeness (QED) is 0.124. The van der Waals surface area contributed by atoms with Crippen LogP contribution in [0, 0.1) is 11.8 Å². The topological polar surface area (TPSA) is 99.6 Å². The van der Waals surface area contributed by atoms with Crippen molar-refractivity contribution in [2.45, 2.75) is 50.9 Å².